The molecule has 0 aliphatic rings. The van der Waals surface area contributed by atoms with Gasteiger partial charge in [-0.1, -0.05) is 36.7 Å². The van der Waals surface area contributed by atoms with Crippen molar-refractivity contribution in [3.8, 4) is 0 Å². The standard InChI is InChI=1S/C13H22BrNS/c1-9-10(2)16-12(15-9)8-6-7-11(14)13(3,4)5/h11H,6-8H2,1-5H3. The van der Waals surface area contributed by atoms with Crippen molar-refractivity contribution in [2.24, 2.45) is 5.41 Å². The SMILES string of the molecule is Cc1nc(CCCC(Br)C(C)(C)C)sc1C. The molecule has 1 unspecified atom stereocenters. The zero-order valence-corrected chi connectivity index (χ0v) is 13.3. The van der Waals surface area contributed by atoms with E-state index in [0.717, 1.165) is 6.42 Å². The minimum absolute atomic E-state index is 0.356. The Kier molecular flexibility index (Phi) is 4.99. The Morgan fingerprint density at radius 1 is 1.31 bits per heavy atom. The number of alkyl halides is 1. The maximum atomic E-state index is 4.57. The minimum Gasteiger partial charge on any atom is -0.246 e. The molecule has 0 bridgehead atoms. The Morgan fingerprint density at radius 3 is 2.38 bits per heavy atom. The largest absolute Gasteiger partial charge is 0.246 e. The second-order valence-corrected chi connectivity index (χ2v) is 7.87. The first-order chi connectivity index (χ1) is 7.30. The highest BCUT2D eigenvalue weighted by molar-refractivity contribution is 9.09. The molecule has 0 radical (unpaired) electrons. The van der Waals surface area contributed by atoms with Gasteiger partial charge in [0.1, 0.15) is 0 Å². The quantitative estimate of drug-likeness (QED) is 0.722. The number of hydrogen-bond acceptors (Lipinski definition) is 2. The van der Waals surface area contributed by atoms with E-state index < -0.39 is 0 Å². The van der Waals surface area contributed by atoms with Crippen LogP contribution < -0.4 is 0 Å². The van der Waals surface area contributed by atoms with Crippen LogP contribution in [0.2, 0.25) is 0 Å². The normalized spacial score (nSPS) is 14.1. The van der Waals surface area contributed by atoms with E-state index in [2.05, 4.69) is 55.5 Å². The average Bonchev–Trinajstić information content (AvgIpc) is 2.44. The molecule has 0 amide bonds. The number of hydrogen-bond donors (Lipinski definition) is 0. The summed E-state index contributed by atoms with van der Waals surface area (Å²) in [5.41, 5.74) is 1.56. The molecule has 1 atom stereocenters. The highest BCUT2D eigenvalue weighted by Gasteiger charge is 2.21. The van der Waals surface area contributed by atoms with Gasteiger partial charge in [0, 0.05) is 9.70 Å². The van der Waals surface area contributed by atoms with Gasteiger partial charge in [0.2, 0.25) is 0 Å². The summed E-state index contributed by atoms with van der Waals surface area (Å²) in [6.45, 7) is 11.1. The Bertz CT molecular complexity index is 319. The predicted octanol–water partition coefficient (Wildman–Crippen LogP) is 4.89. The van der Waals surface area contributed by atoms with Crippen LogP contribution in [0, 0.1) is 19.3 Å². The smallest absolute Gasteiger partial charge is 0.0930 e. The first-order valence-electron chi connectivity index (χ1n) is 5.87. The maximum absolute atomic E-state index is 4.57. The van der Waals surface area contributed by atoms with E-state index in [1.165, 1.54) is 28.4 Å². The lowest BCUT2D eigenvalue weighted by Gasteiger charge is -2.25. The molecular weight excluding hydrogens is 282 g/mol. The molecule has 1 aromatic heterocycles. The van der Waals surface area contributed by atoms with Crippen LogP contribution in [-0.4, -0.2) is 9.81 Å². The number of aromatic nitrogens is 1. The third kappa shape index (κ3) is 4.17. The van der Waals surface area contributed by atoms with Crippen molar-refractivity contribution >= 4 is 27.3 Å². The molecule has 0 spiro atoms. The average molecular weight is 304 g/mol. The van der Waals surface area contributed by atoms with Gasteiger partial charge in [-0.25, -0.2) is 4.98 Å². The van der Waals surface area contributed by atoms with Gasteiger partial charge in [0.25, 0.3) is 0 Å². The van der Waals surface area contributed by atoms with E-state index in [1.54, 1.807) is 0 Å². The summed E-state index contributed by atoms with van der Waals surface area (Å²) in [5.74, 6) is 0. The van der Waals surface area contributed by atoms with Crippen molar-refractivity contribution in [3.05, 3.63) is 15.6 Å². The zero-order chi connectivity index (χ0) is 12.3. The van der Waals surface area contributed by atoms with Gasteiger partial charge < -0.3 is 0 Å². The zero-order valence-electron chi connectivity index (χ0n) is 10.9. The fourth-order valence-electron chi connectivity index (χ4n) is 1.51. The first kappa shape index (κ1) is 14.2. The van der Waals surface area contributed by atoms with Crippen LogP contribution in [0.25, 0.3) is 0 Å². The van der Waals surface area contributed by atoms with Gasteiger partial charge in [0.15, 0.2) is 0 Å². The Hall–Kier alpha value is 0.110. The van der Waals surface area contributed by atoms with Gasteiger partial charge >= 0.3 is 0 Å². The van der Waals surface area contributed by atoms with Crippen LogP contribution in [0.4, 0.5) is 0 Å². The van der Waals surface area contributed by atoms with Gasteiger partial charge in [-0.15, -0.1) is 11.3 Å². The summed E-state index contributed by atoms with van der Waals surface area (Å²) in [6, 6.07) is 0. The molecule has 16 heavy (non-hydrogen) atoms. The van der Waals surface area contributed by atoms with Crippen LogP contribution in [-0.2, 0) is 6.42 Å². The van der Waals surface area contributed by atoms with E-state index in [-0.39, 0.29) is 0 Å². The maximum Gasteiger partial charge on any atom is 0.0930 e. The number of halogens is 1. The second-order valence-electron chi connectivity index (χ2n) is 5.47. The summed E-state index contributed by atoms with van der Waals surface area (Å²) in [4.78, 5) is 6.53. The third-order valence-electron chi connectivity index (χ3n) is 2.86. The molecule has 0 saturated heterocycles. The third-order valence-corrected chi connectivity index (χ3v) is 5.82. The minimum atomic E-state index is 0.356. The van der Waals surface area contributed by atoms with Crippen LogP contribution in [0.15, 0.2) is 0 Å². The summed E-state index contributed by atoms with van der Waals surface area (Å²) >= 11 is 5.62. The highest BCUT2D eigenvalue weighted by Crippen LogP contribution is 2.30. The molecule has 1 heterocycles. The number of nitrogens with zero attached hydrogens (tertiary/aromatic N) is 1. The number of aryl methyl sites for hydroxylation is 3. The fraction of sp³-hybridized carbons (Fsp3) is 0.769. The van der Waals surface area contributed by atoms with Gasteiger partial charge in [-0.2, -0.15) is 0 Å². The molecule has 1 aromatic rings. The van der Waals surface area contributed by atoms with Crippen molar-refractivity contribution < 1.29 is 0 Å². The van der Waals surface area contributed by atoms with Crippen molar-refractivity contribution in [1.82, 2.24) is 4.98 Å². The van der Waals surface area contributed by atoms with E-state index >= 15 is 0 Å². The van der Waals surface area contributed by atoms with Crippen molar-refractivity contribution in [1.29, 1.82) is 0 Å². The van der Waals surface area contributed by atoms with Crippen LogP contribution in [0.1, 0.15) is 49.2 Å². The molecular formula is C13H22BrNS. The van der Waals surface area contributed by atoms with E-state index in [9.17, 15) is 0 Å². The fourth-order valence-corrected chi connectivity index (χ4v) is 2.81. The molecule has 1 nitrogen and oxygen atoms in total. The van der Waals surface area contributed by atoms with Crippen molar-refractivity contribution in [2.45, 2.75) is 58.7 Å². The Morgan fingerprint density at radius 2 is 1.94 bits per heavy atom. The van der Waals surface area contributed by atoms with Crippen LogP contribution >= 0.6 is 27.3 Å². The van der Waals surface area contributed by atoms with Crippen molar-refractivity contribution in [3.63, 3.8) is 0 Å². The number of rotatable bonds is 4. The van der Waals surface area contributed by atoms with E-state index in [1.807, 2.05) is 11.3 Å². The summed E-state index contributed by atoms with van der Waals surface area (Å²) in [6.07, 6.45) is 3.57. The molecule has 3 heteroatoms. The predicted molar refractivity (Wildman–Crippen MR) is 76.7 cm³/mol. The summed E-state index contributed by atoms with van der Waals surface area (Å²) in [7, 11) is 0. The molecule has 0 N–H and O–H groups in total. The molecule has 0 fully saturated rings. The lowest BCUT2D eigenvalue weighted by Crippen LogP contribution is -2.20. The monoisotopic (exact) mass is 303 g/mol. The van der Waals surface area contributed by atoms with Gasteiger partial charge in [0.05, 0.1) is 10.7 Å². The van der Waals surface area contributed by atoms with E-state index in [4.69, 9.17) is 0 Å². The highest BCUT2D eigenvalue weighted by atomic mass is 79.9. The van der Waals surface area contributed by atoms with Gasteiger partial charge in [-0.3, -0.25) is 0 Å². The molecule has 0 aliphatic carbocycles. The van der Waals surface area contributed by atoms with Crippen LogP contribution in [0.3, 0.4) is 0 Å². The Balaban J connectivity index is 2.36. The second kappa shape index (κ2) is 5.63. The van der Waals surface area contributed by atoms with Crippen LogP contribution in [0.5, 0.6) is 0 Å². The lowest BCUT2D eigenvalue weighted by atomic mass is 9.89. The molecule has 0 saturated carbocycles. The first-order valence-corrected chi connectivity index (χ1v) is 7.61. The molecule has 0 aromatic carbocycles. The van der Waals surface area contributed by atoms with Crippen molar-refractivity contribution in [2.75, 3.05) is 0 Å². The summed E-state index contributed by atoms with van der Waals surface area (Å²) < 4.78 is 0. The van der Waals surface area contributed by atoms with Gasteiger partial charge in [-0.05, 0) is 38.5 Å². The molecule has 0 aliphatic heterocycles. The topological polar surface area (TPSA) is 12.9 Å². The molecule has 92 valence electrons. The Labute approximate surface area is 112 Å². The van der Waals surface area contributed by atoms with E-state index in [0.29, 0.717) is 10.2 Å². The summed E-state index contributed by atoms with van der Waals surface area (Å²) in [5, 5.41) is 1.30. The lowest BCUT2D eigenvalue weighted by molar-refractivity contribution is 0.380. The number of thiazole rings is 1. The molecule has 1 rings (SSSR count).